The molecule has 0 radical (unpaired) electrons. The van der Waals surface area contributed by atoms with Crippen molar-refractivity contribution in [3.05, 3.63) is 79.7 Å². The Kier molecular flexibility index (Phi) is 17.5. The molecule has 13 heteroatoms. The minimum absolute atomic E-state index is 0.0889. The number of para-hydroxylation sites is 1. The quantitative estimate of drug-likeness (QED) is 0.0474. The molecule has 0 aromatic heterocycles. The number of hydrogen-bond donors (Lipinski definition) is 0. The van der Waals surface area contributed by atoms with Gasteiger partial charge in [0, 0.05) is 0 Å². The van der Waals surface area contributed by atoms with Crippen LogP contribution in [0.2, 0.25) is 13.3 Å². The Morgan fingerprint density at radius 3 is 1.87 bits per heavy atom. The van der Waals surface area contributed by atoms with E-state index in [1.807, 2.05) is 18.2 Å². The van der Waals surface area contributed by atoms with Gasteiger partial charge in [-0.2, -0.15) is 0 Å². The number of benzene rings is 2. The van der Waals surface area contributed by atoms with Crippen LogP contribution in [-0.2, 0) is 35.1 Å². The summed E-state index contributed by atoms with van der Waals surface area (Å²) in [4.78, 5) is 16.6. The monoisotopic (exact) mass is 774 g/mol. The third-order valence-corrected chi connectivity index (χ3v) is 31.8. The maximum absolute atomic E-state index is 14.7. The van der Waals surface area contributed by atoms with Crippen molar-refractivity contribution in [2.45, 2.75) is 98.0 Å². The summed E-state index contributed by atoms with van der Waals surface area (Å²) in [5.74, 6) is 0. The van der Waals surface area contributed by atoms with Gasteiger partial charge in [0.1, 0.15) is 0 Å². The third-order valence-electron chi connectivity index (χ3n) is 7.72. The Labute approximate surface area is 274 Å². The molecule has 0 amide bonds. The molecule has 0 atom stereocenters. The van der Waals surface area contributed by atoms with Crippen LogP contribution in [0.5, 0.6) is 0 Å². The summed E-state index contributed by atoms with van der Waals surface area (Å²) in [7, 11) is -8.32. The summed E-state index contributed by atoms with van der Waals surface area (Å²) in [5, 5.41) is 11.9. The molecular weight excluding hydrogens is 722 g/mol. The van der Waals surface area contributed by atoms with Crippen molar-refractivity contribution in [1.82, 2.24) is 4.47 Å². The predicted octanol–water partition coefficient (Wildman–Crippen LogP) is 9.26. The number of nitro groups is 1. The molecule has 0 saturated carbocycles. The van der Waals surface area contributed by atoms with Crippen molar-refractivity contribution >= 4 is 41.7 Å². The zero-order chi connectivity index (χ0) is 33.3. The second kappa shape index (κ2) is 19.9. The second-order valence-electron chi connectivity index (χ2n) is 11.0. The number of nitrogens with zero attached hydrogens (tertiary/aromatic N) is 2. The standard InChI is InChI=1S/C20H24N2O8PS.3C4H9.Sn/c1-3-29-31(25,30-4-2)16-10-15-21(28-17-18-11-6-5-7-12-18)32(26,27)20-14-9-8-13-19(20)22(23)24;3*1-3-4-2;/h5-14H,3-4,15,17H2,1-2H3;3*1,3-4H2,2H3;. The SMILES string of the molecule is CCC[CH2][Sn]([CH2]CCC)([CH2]CCC)/[C](=C/CN(OCc1ccccc1)S(=O)(=O)c1ccccc1[N+](=O)[O-])P(=O)(OCC)OCC. The molecule has 0 saturated heterocycles. The van der Waals surface area contributed by atoms with Crippen LogP contribution in [0, 0.1) is 10.1 Å². The summed E-state index contributed by atoms with van der Waals surface area (Å²) in [6.45, 7) is 9.94. The van der Waals surface area contributed by atoms with Crippen LogP contribution in [0.15, 0.2) is 68.9 Å². The van der Waals surface area contributed by atoms with Crippen LogP contribution in [0.4, 0.5) is 5.69 Å². The molecule has 0 aliphatic rings. The summed E-state index contributed by atoms with van der Waals surface area (Å²) in [6.07, 6.45) is 7.59. The van der Waals surface area contributed by atoms with E-state index in [-0.39, 0.29) is 26.4 Å². The molecule has 252 valence electrons. The first-order valence-electron chi connectivity index (χ1n) is 16.1. The molecule has 10 nitrogen and oxygen atoms in total. The molecule has 0 fully saturated rings. The van der Waals surface area contributed by atoms with Crippen LogP contribution in [0.25, 0.3) is 0 Å². The fourth-order valence-electron chi connectivity index (χ4n) is 5.48. The fourth-order valence-corrected chi connectivity index (χ4v) is 31.7. The minimum atomic E-state index is -4.53. The number of hydrogen-bond acceptors (Lipinski definition) is 8. The Morgan fingerprint density at radius 1 is 0.867 bits per heavy atom. The van der Waals surface area contributed by atoms with E-state index >= 15 is 0 Å². The van der Waals surface area contributed by atoms with E-state index in [0.717, 1.165) is 67.9 Å². The van der Waals surface area contributed by atoms with Crippen molar-refractivity contribution in [1.29, 1.82) is 0 Å². The van der Waals surface area contributed by atoms with E-state index in [0.29, 0.717) is 3.33 Å². The summed E-state index contributed by atoms with van der Waals surface area (Å²) >= 11 is -3.58. The Hall–Kier alpha value is -1.60. The average Bonchev–Trinajstić information content (AvgIpc) is 3.03. The molecule has 0 bridgehead atoms. The molecule has 0 spiro atoms. The van der Waals surface area contributed by atoms with Crippen LogP contribution in [-0.4, -0.2) is 55.9 Å². The number of sulfonamides is 1. The van der Waals surface area contributed by atoms with Gasteiger partial charge in [-0.1, -0.05) is 0 Å². The van der Waals surface area contributed by atoms with E-state index in [4.69, 9.17) is 13.9 Å². The van der Waals surface area contributed by atoms with Gasteiger partial charge in [0.05, 0.1) is 0 Å². The van der Waals surface area contributed by atoms with E-state index < -0.39 is 51.5 Å². The zero-order valence-electron chi connectivity index (χ0n) is 27.5. The van der Waals surface area contributed by atoms with E-state index in [2.05, 4.69) is 20.8 Å². The van der Waals surface area contributed by atoms with Crippen molar-refractivity contribution in [3.8, 4) is 0 Å². The summed E-state index contributed by atoms with van der Waals surface area (Å²) < 4.78 is 59.2. The Bertz CT molecular complexity index is 1340. The second-order valence-corrected chi connectivity index (χ2v) is 29.1. The average molecular weight is 774 g/mol. The summed E-state index contributed by atoms with van der Waals surface area (Å²) in [5.41, 5.74) is 0.174. The molecule has 2 rings (SSSR count). The third kappa shape index (κ3) is 11.3. The molecule has 2 aromatic carbocycles. The van der Waals surface area contributed by atoms with Crippen LogP contribution >= 0.6 is 7.60 Å². The number of rotatable bonds is 23. The van der Waals surface area contributed by atoms with E-state index in [9.17, 15) is 23.1 Å². The van der Waals surface area contributed by atoms with Crippen LogP contribution < -0.4 is 0 Å². The van der Waals surface area contributed by atoms with Gasteiger partial charge in [-0.3, -0.25) is 0 Å². The molecule has 0 aliphatic carbocycles. The molecule has 0 aliphatic heterocycles. The topological polar surface area (TPSA) is 125 Å². The number of nitro benzene ring substituents is 1. The van der Waals surface area contributed by atoms with Crippen molar-refractivity contribution in [3.63, 3.8) is 0 Å². The normalized spacial score (nSPS) is 13.0. The molecule has 45 heavy (non-hydrogen) atoms. The van der Waals surface area contributed by atoms with E-state index in [1.54, 1.807) is 32.1 Å². The Balaban J connectivity index is 2.81. The fraction of sp³-hybridized carbons (Fsp3) is 0.562. The van der Waals surface area contributed by atoms with Gasteiger partial charge in [0.15, 0.2) is 0 Å². The first-order chi connectivity index (χ1) is 21.5. The molecular formula is C32H51N2O8PSSn. The van der Waals surface area contributed by atoms with Crippen molar-refractivity contribution in [2.75, 3.05) is 19.8 Å². The van der Waals surface area contributed by atoms with Gasteiger partial charge >= 0.3 is 275 Å². The number of unbranched alkanes of at least 4 members (excludes halogenated alkanes) is 3. The van der Waals surface area contributed by atoms with Gasteiger partial charge in [-0.15, -0.1) is 0 Å². The molecule has 0 unspecified atom stereocenters. The van der Waals surface area contributed by atoms with Crippen LogP contribution in [0.3, 0.4) is 0 Å². The first kappa shape index (κ1) is 39.6. The summed E-state index contributed by atoms with van der Waals surface area (Å²) in [6, 6.07) is 14.3. The van der Waals surface area contributed by atoms with Crippen LogP contribution in [0.1, 0.15) is 78.7 Å². The van der Waals surface area contributed by atoms with Crippen molar-refractivity contribution in [2.24, 2.45) is 0 Å². The van der Waals surface area contributed by atoms with Gasteiger partial charge in [-0.05, 0) is 0 Å². The maximum atomic E-state index is 14.7. The zero-order valence-corrected chi connectivity index (χ0v) is 32.0. The van der Waals surface area contributed by atoms with Crippen molar-refractivity contribution < 1.29 is 31.8 Å². The van der Waals surface area contributed by atoms with Gasteiger partial charge in [0.25, 0.3) is 0 Å². The van der Waals surface area contributed by atoms with E-state index in [1.165, 1.54) is 18.2 Å². The number of hydroxylamine groups is 1. The first-order valence-corrected chi connectivity index (χ1v) is 26.5. The van der Waals surface area contributed by atoms with Gasteiger partial charge < -0.3 is 0 Å². The van der Waals surface area contributed by atoms with Gasteiger partial charge in [-0.25, -0.2) is 0 Å². The Morgan fingerprint density at radius 2 is 1.38 bits per heavy atom. The van der Waals surface area contributed by atoms with Gasteiger partial charge in [0.2, 0.25) is 0 Å². The molecule has 0 N–H and O–H groups in total. The molecule has 2 aromatic rings. The predicted molar refractivity (Wildman–Crippen MR) is 182 cm³/mol. The molecule has 0 heterocycles.